The van der Waals surface area contributed by atoms with Crippen LogP contribution in [-0.2, 0) is 11.1 Å². The molecule has 4 aromatic rings. The first kappa shape index (κ1) is 27.2. The van der Waals surface area contributed by atoms with Crippen LogP contribution < -0.4 is 10.5 Å². The fourth-order valence-corrected chi connectivity index (χ4v) is 4.42. The highest BCUT2D eigenvalue weighted by atomic mass is 35.5. The molecular weight excluding hydrogens is 527 g/mol. The molecule has 0 aliphatic heterocycles. The quantitative estimate of drug-likeness (QED) is 0.246. The number of aliphatic imine (C=N–C) groups is 1. The summed E-state index contributed by atoms with van der Waals surface area (Å²) in [4.78, 5) is 13.2. The molecule has 1 unspecified atom stereocenters. The number of rotatable bonds is 5. The summed E-state index contributed by atoms with van der Waals surface area (Å²) in [6, 6.07) is 11.2. The van der Waals surface area contributed by atoms with E-state index in [2.05, 4.69) is 15.0 Å². The molecule has 8 nitrogen and oxygen atoms in total. The van der Waals surface area contributed by atoms with Crippen LogP contribution in [0.15, 0.2) is 58.7 Å². The number of nitrogens with zero attached hydrogens (tertiary/aromatic N) is 3. The molecule has 2 aromatic heterocycles. The van der Waals surface area contributed by atoms with Crippen molar-refractivity contribution in [1.82, 2.24) is 9.97 Å². The van der Waals surface area contributed by atoms with Crippen molar-refractivity contribution in [1.29, 1.82) is 0 Å². The number of aromatic hydroxyl groups is 1. The van der Waals surface area contributed by atoms with Gasteiger partial charge in [0.1, 0.15) is 10.8 Å². The molecule has 0 radical (unpaired) electrons. The zero-order chi connectivity index (χ0) is 26.4. The number of phenols is 1. The molecular formula is C24H21ClFN4O4S2-. The SMILES string of the molecule is COc1cccc(C=Nc2cnc(S(=O)[O-])c(C)c2)c1O.Cc1sc(N)nc1-c1ccc(F)c(Cl)c1. The number of halogens is 2. The number of nitrogens with two attached hydrogens (primary N) is 1. The maximum absolute atomic E-state index is 12.9. The minimum Gasteiger partial charge on any atom is -0.767 e. The van der Waals surface area contributed by atoms with Gasteiger partial charge in [0.15, 0.2) is 16.6 Å². The maximum atomic E-state index is 12.9. The number of thiazole rings is 1. The van der Waals surface area contributed by atoms with E-state index in [9.17, 15) is 18.3 Å². The highest BCUT2D eigenvalue weighted by molar-refractivity contribution is 7.79. The molecule has 0 saturated carbocycles. The number of hydrogen-bond donors (Lipinski definition) is 2. The van der Waals surface area contributed by atoms with Crippen LogP contribution in [-0.4, -0.2) is 37.2 Å². The minimum absolute atomic E-state index is 0.00169. The Morgan fingerprint density at radius 3 is 2.61 bits per heavy atom. The highest BCUT2D eigenvalue weighted by Gasteiger charge is 2.10. The van der Waals surface area contributed by atoms with Crippen molar-refractivity contribution < 1.29 is 23.0 Å². The summed E-state index contributed by atoms with van der Waals surface area (Å²) in [6.07, 6.45) is 2.81. The van der Waals surface area contributed by atoms with Gasteiger partial charge < -0.3 is 20.1 Å². The first-order valence-electron chi connectivity index (χ1n) is 10.2. The van der Waals surface area contributed by atoms with Crippen molar-refractivity contribution in [2.24, 2.45) is 4.99 Å². The highest BCUT2D eigenvalue weighted by Crippen LogP contribution is 2.31. The number of anilines is 1. The lowest BCUT2D eigenvalue weighted by molar-refractivity contribution is 0.373. The fraction of sp³-hybridized carbons (Fsp3) is 0.125. The Bertz CT molecular complexity index is 1450. The average molecular weight is 548 g/mol. The van der Waals surface area contributed by atoms with E-state index in [0.29, 0.717) is 27.7 Å². The Labute approximate surface area is 218 Å². The number of phenolic OH excluding ortho intramolecular Hbond substituents is 1. The van der Waals surface area contributed by atoms with Gasteiger partial charge in [0.25, 0.3) is 0 Å². The topological polar surface area (TPSA) is 134 Å². The third-order valence-corrected chi connectivity index (χ3v) is 6.62. The van der Waals surface area contributed by atoms with Crippen LogP contribution in [0.1, 0.15) is 16.0 Å². The van der Waals surface area contributed by atoms with Crippen molar-refractivity contribution in [3.8, 4) is 22.8 Å². The van der Waals surface area contributed by atoms with E-state index in [1.807, 2.05) is 6.92 Å². The van der Waals surface area contributed by atoms with Crippen LogP contribution in [0.5, 0.6) is 11.5 Å². The lowest BCUT2D eigenvalue weighted by atomic mass is 10.1. The molecule has 2 aromatic carbocycles. The molecule has 0 fully saturated rings. The number of aryl methyl sites for hydroxylation is 2. The molecule has 0 aliphatic carbocycles. The van der Waals surface area contributed by atoms with Gasteiger partial charge in [-0.3, -0.25) is 9.20 Å². The zero-order valence-corrected chi connectivity index (χ0v) is 21.7. The third-order valence-electron chi connectivity index (χ3n) is 4.78. The van der Waals surface area contributed by atoms with Gasteiger partial charge in [-0.2, -0.15) is 0 Å². The second-order valence-electron chi connectivity index (χ2n) is 7.29. The first-order valence-corrected chi connectivity index (χ1v) is 12.5. The summed E-state index contributed by atoms with van der Waals surface area (Å²) in [6.45, 7) is 3.56. The number of aromatic nitrogens is 2. The van der Waals surface area contributed by atoms with Crippen molar-refractivity contribution in [3.05, 3.63) is 75.5 Å². The van der Waals surface area contributed by atoms with Gasteiger partial charge in [0.05, 0.1) is 29.7 Å². The monoisotopic (exact) mass is 547 g/mol. The number of methoxy groups -OCH3 is 1. The van der Waals surface area contributed by atoms with E-state index >= 15 is 0 Å². The molecule has 188 valence electrons. The van der Waals surface area contributed by atoms with Gasteiger partial charge in [-0.1, -0.05) is 17.7 Å². The molecule has 4 rings (SSSR count). The second kappa shape index (κ2) is 12.0. The standard InChI is InChI=1S/C14H14N2O4S.C10H8ClFN2S/c1-9-6-11(8-16-14(9)21(18)19)15-7-10-4-3-5-12(20-2)13(10)17;1-5-9(14-10(13)15-5)6-2-3-8(12)7(11)4-6/h3-8,17H,1-2H3,(H,18,19);2-4H,1H3,(H2,13,14)/p-1. The molecule has 0 bridgehead atoms. The second-order valence-corrected chi connectivity index (χ2v) is 9.79. The van der Waals surface area contributed by atoms with E-state index in [0.717, 1.165) is 16.1 Å². The molecule has 36 heavy (non-hydrogen) atoms. The lowest BCUT2D eigenvalue weighted by Gasteiger charge is -2.07. The molecule has 2 heterocycles. The molecule has 3 N–H and O–H groups in total. The maximum Gasteiger partial charge on any atom is 0.180 e. The Kier molecular flexibility index (Phi) is 9.10. The van der Waals surface area contributed by atoms with Gasteiger partial charge >= 0.3 is 0 Å². The molecule has 0 spiro atoms. The fourth-order valence-electron chi connectivity index (χ4n) is 3.07. The predicted octanol–water partition coefficient (Wildman–Crippen LogP) is 5.59. The lowest BCUT2D eigenvalue weighted by Crippen LogP contribution is -1.96. The van der Waals surface area contributed by atoms with Crippen LogP contribution in [0.3, 0.4) is 0 Å². The summed E-state index contributed by atoms with van der Waals surface area (Å²) in [5.74, 6) is -0.0858. The van der Waals surface area contributed by atoms with Crippen LogP contribution in [0.2, 0.25) is 5.02 Å². The largest absolute Gasteiger partial charge is 0.767 e. The summed E-state index contributed by atoms with van der Waals surface area (Å²) < 4.78 is 39.7. The smallest absolute Gasteiger partial charge is 0.180 e. The number of nitrogen functional groups attached to an aromatic ring is 1. The van der Waals surface area contributed by atoms with Crippen LogP contribution in [0, 0.1) is 19.7 Å². The predicted molar refractivity (Wildman–Crippen MR) is 140 cm³/mol. The third kappa shape index (κ3) is 6.64. The average Bonchev–Trinajstić information content (AvgIpc) is 3.18. The van der Waals surface area contributed by atoms with E-state index in [1.54, 1.807) is 43.3 Å². The Morgan fingerprint density at radius 2 is 2.03 bits per heavy atom. The molecule has 0 saturated heterocycles. The normalized spacial score (nSPS) is 11.7. The van der Waals surface area contributed by atoms with Gasteiger partial charge in [-0.25, -0.2) is 14.4 Å². The van der Waals surface area contributed by atoms with E-state index in [4.69, 9.17) is 22.1 Å². The number of pyridine rings is 1. The van der Waals surface area contributed by atoms with Gasteiger partial charge in [-0.15, -0.1) is 11.3 Å². The van der Waals surface area contributed by atoms with Gasteiger partial charge in [0, 0.05) is 22.2 Å². The Hall–Kier alpha value is -3.38. The van der Waals surface area contributed by atoms with Crippen molar-refractivity contribution in [2.45, 2.75) is 18.9 Å². The minimum atomic E-state index is -2.37. The van der Waals surface area contributed by atoms with Crippen molar-refractivity contribution >= 4 is 51.1 Å². The van der Waals surface area contributed by atoms with Crippen LogP contribution >= 0.6 is 22.9 Å². The van der Waals surface area contributed by atoms with Crippen molar-refractivity contribution in [3.63, 3.8) is 0 Å². The van der Waals surface area contributed by atoms with E-state index < -0.39 is 16.9 Å². The first-order chi connectivity index (χ1) is 17.1. The van der Waals surface area contributed by atoms with E-state index in [-0.39, 0.29) is 15.8 Å². The summed E-state index contributed by atoms with van der Waals surface area (Å²) >= 11 is 4.73. The van der Waals surface area contributed by atoms with Crippen LogP contribution in [0.4, 0.5) is 15.2 Å². The number of para-hydroxylation sites is 1. The zero-order valence-electron chi connectivity index (χ0n) is 19.4. The number of ether oxygens (including phenoxy) is 1. The molecule has 0 aliphatic rings. The summed E-state index contributed by atoms with van der Waals surface area (Å²) in [5.41, 5.74) is 8.62. The summed E-state index contributed by atoms with van der Waals surface area (Å²) in [5, 5.41) is 10.5. The van der Waals surface area contributed by atoms with Crippen LogP contribution in [0.25, 0.3) is 11.3 Å². The Balaban J connectivity index is 0.000000212. The van der Waals surface area contributed by atoms with Gasteiger partial charge in [0.2, 0.25) is 0 Å². The van der Waals surface area contributed by atoms with Crippen molar-refractivity contribution in [2.75, 3.05) is 12.8 Å². The Morgan fingerprint density at radius 1 is 1.28 bits per heavy atom. The molecule has 1 atom stereocenters. The number of benzene rings is 2. The van der Waals surface area contributed by atoms with Gasteiger partial charge in [-0.05, 0) is 66.9 Å². The number of hydrogen-bond acceptors (Lipinski definition) is 9. The molecule has 12 heteroatoms. The molecule has 0 amide bonds. The van der Waals surface area contributed by atoms with E-state index in [1.165, 1.54) is 36.9 Å². The summed E-state index contributed by atoms with van der Waals surface area (Å²) in [7, 11) is 1.46.